The van der Waals surface area contributed by atoms with Crippen molar-refractivity contribution in [2.24, 2.45) is 5.10 Å². The van der Waals surface area contributed by atoms with Crippen LogP contribution in [0.4, 0.5) is 0 Å². The van der Waals surface area contributed by atoms with Gasteiger partial charge in [-0.05, 0) is 48.5 Å². The van der Waals surface area contributed by atoms with E-state index in [4.69, 9.17) is 23.2 Å². The number of hydrogen-bond acceptors (Lipinski definition) is 5. The second-order valence-electron chi connectivity index (χ2n) is 6.78. The van der Waals surface area contributed by atoms with E-state index in [9.17, 15) is 9.59 Å². The number of benzene rings is 3. The van der Waals surface area contributed by atoms with Crippen molar-refractivity contribution in [2.45, 2.75) is 5.16 Å². The van der Waals surface area contributed by atoms with Gasteiger partial charge >= 0.3 is 0 Å². The molecule has 1 heterocycles. The number of thioether (sulfide) groups is 1. The van der Waals surface area contributed by atoms with Crippen molar-refractivity contribution in [2.75, 3.05) is 5.75 Å². The maximum atomic E-state index is 13.2. The number of carbonyl (C=O) groups is 1. The molecule has 0 unspecified atom stereocenters. The summed E-state index contributed by atoms with van der Waals surface area (Å²) in [6.45, 7) is 0. The largest absolute Gasteiger partial charge is 0.272 e. The van der Waals surface area contributed by atoms with Crippen LogP contribution in [-0.4, -0.2) is 27.4 Å². The molecule has 0 radical (unpaired) electrons. The summed E-state index contributed by atoms with van der Waals surface area (Å²) in [4.78, 5) is 30.2. The second-order valence-corrected chi connectivity index (χ2v) is 9.48. The second kappa shape index (κ2) is 10.5. The third-order valence-corrected chi connectivity index (χ3v) is 6.55. The number of aromatic nitrogens is 2. The molecule has 0 atom stereocenters. The number of halogens is 3. The summed E-state index contributed by atoms with van der Waals surface area (Å²) in [7, 11) is 0. The average molecular weight is 562 g/mol. The van der Waals surface area contributed by atoms with Gasteiger partial charge in [-0.3, -0.25) is 14.2 Å². The smallest absolute Gasteiger partial charge is 0.266 e. The molecule has 4 aromatic rings. The van der Waals surface area contributed by atoms with Crippen LogP contribution in [0.1, 0.15) is 5.56 Å². The quantitative estimate of drug-likeness (QED) is 0.142. The first-order valence-electron chi connectivity index (χ1n) is 9.60. The van der Waals surface area contributed by atoms with Crippen molar-refractivity contribution in [1.29, 1.82) is 0 Å². The van der Waals surface area contributed by atoms with Crippen LogP contribution in [0, 0.1) is 0 Å². The van der Waals surface area contributed by atoms with Gasteiger partial charge in [0.05, 0.1) is 33.6 Å². The van der Waals surface area contributed by atoms with E-state index in [2.05, 4.69) is 31.4 Å². The lowest BCUT2D eigenvalue weighted by molar-refractivity contribution is -0.118. The Morgan fingerprint density at radius 2 is 1.88 bits per heavy atom. The third-order valence-electron chi connectivity index (χ3n) is 4.52. The molecule has 0 aliphatic rings. The van der Waals surface area contributed by atoms with E-state index in [1.54, 1.807) is 36.4 Å². The molecular formula is C23H15BrCl2N4O2S. The fourth-order valence-electron chi connectivity index (χ4n) is 2.97. The molecule has 3 aromatic carbocycles. The Morgan fingerprint density at radius 1 is 1.12 bits per heavy atom. The fourth-order valence-corrected chi connectivity index (χ4v) is 4.50. The van der Waals surface area contributed by atoms with Gasteiger partial charge in [-0.1, -0.05) is 69.1 Å². The Bertz CT molecular complexity index is 1420. The van der Waals surface area contributed by atoms with Crippen molar-refractivity contribution in [3.63, 3.8) is 0 Å². The predicted octanol–water partition coefficient (Wildman–Crippen LogP) is 5.70. The minimum absolute atomic E-state index is 0.00694. The topological polar surface area (TPSA) is 76.3 Å². The number of fused-ring (bicyclic) bond motifs is 1. The van der Waals surface area contributed by atoms with Gasteiger partial charge in [0.15, 0.2) is 5.16 Å². The number of hydrazone groups is 1. The minimum Gasteiger partial charge on any atom is -0.272 e. The van der Waals surface area contributed by atoms with E-state index in [0.29, 0.717) is 37.4 Å². The van der Waals surface area contributed by atoms with Crippen molar-refractivity contribution in [1.82, 2.24) is 15.0 Å². The Hall–Kier alpha value is -2.65. The zero-order valence-electron chi connectivity index (χ0n) is 16.8. The third kappa shape index (κ3) is 5.65. The van der Waals surface area contributed by atoms with Gasteiger partial charge in [0.2, 0.25) is 0 Å². The molecule has 0 aliphatic heterocycles. The number of para-hydroxylation sites is 1. The van der Waals surface area contributed by atoms with E-state index in [1.165, 1.54) is 10.8 Å². The molecule has 1 N–H and O–H groups in total. The zero-order valence-corrected chi connectivity index (χ0v) is 20.7. The number of hydrogen-bond donors (Lipinski definition) is 1. The van der Waals surface area contributed by atoms with Crippen LogP contribution in [0.2, 0.25) is 10.0 Å². The normalized spacial score (nSPS) is 11.2. The lowest BCUT2D eigenvalue weighted by atomic mass is 10.2. The van der Waals surface area contributed by atoms with E-state index in [0.717, 1.165) is 16.2 Å². The molecule has 166 valence electrons. The Kier molecular flexibility index (Phi) is 7.49. The molecule has 4 rings (SSSR count). The van der Waals surface area contributed by atoms with E-state index in [-0.39, 0.29) is 17.2 Å². The Morgan fingerprint density at radius 3 is 2.64 bits per heavy atom. The molecule has 10 heteroatoms. The summed E-state index contributed by atoms with van der Waals surface area (Å²) in [5.41, 5.74) is 4.09. The Balaban J connectivity index is 1.55. The van der Waals surface area contributed by atoms with Crippen LogP contribution in [0.25, 0.3) is 16.6 Å². The molecule has 0 saturated heterocycles. The Labute approximate surface area is 211 Å². The standard InChI is InChI=1S/C23H15BrCl2N4O2S/c24-15-6-9-17(10-7-15)30-22(32)18-3-1-2-4-20(18)28-23(30)33-13-21(31)29-27-12-14-5-8-16(25)11-19(14)26/h1-12H,13H2,(H,29,31)/b27-12+. The van der Waals surface area contributed by atoms with E-state index >= 15 is 0 Å². The highest BCUT2D eigenvalue weighted by molar-refractivity contribution is 9.10. The number of nitrogens with one attached hydrogen (secondary N) is 1. The van der Waals surface area contributed by atoms with Crippen LogP contribution < -0.4 is 11.0 Å². The molecule has 6 nitrogen and oxygen atoms in total. The van der Waals surface area contributed by atoms with Gasteiger partial charge in [0.25, 0.3) is 11.5 Å². The highest BCUT2D eigenvalue weighted by atomic mass is 79.9. The lowest BCUT2D eigenvalue weighted by Gasteiger charge is -2.13. The van der Waals surface area contributed by atoms with Crippen LogP contribution in [-0.2, 0) is 4.79 Å². The van der Waals surface area contributed by atoms with Gasteiger partial charge in [-0.2, -0.15) is 5.10 Å². The van der Waals surface area contributed by atoms with Gasteiger partial charge in [-0.25, -0.2) is 10.4 Å². The maximum absolute atomic E-state index is 13.2. The molecule has 0 aliphatic carbocycles. The molecule has 0 bridgehead atoms. The van der Waals surface area contributed by atoms with Gasteiger partial charge in [0.1, 0.15) is 0 Å². The summed E-state index contributed by atoms with van der Waals surface area (Å²) < 4.78 is 2.39. The summed E-state index contributed by atoms with van der Waals surface area (Å²) in [5.74, 6) is -0.349. The first-order valence-corrected chi connectivity index (χ1v) is 12.1. The maximum Gasteiger partial charge on any atom is 0.266 e. The molecular weight excluding hydrogens is 547 g/mol. The van der Waals surface area contributed by atoms with Crippen LogP contribution in [0.15, 0.2) is 86.3 Å². The minimum atomic E-state index is -0.355. The number of amides is 1. The molecule has 1 aromatic heterocycles. The van der Waals surface area contributed by atoms with Crippen molar-refractivity contribution in [3.05, 3.63) is 97.2 Å². The molecule has 33 heavy (non-hydrogen) atoms. The average Bonchev–Trinajstić information content (AvgIpc) is 2.80. The lowest BCUT2D eigenvalue weighted by Crippen LogP contribution is -2.24. The molecule has 0 saturated carbocycles. The summed E-state index contributed by atoms with van der Waals surface area (Å²) in [6, 6.07) is 19.4. The number of nitrogens with zero attached hydrogens (tertiary/aromatic N) is 3. The first kappa shape index (κ1) is 23.5. The van der Waals surface area contributed by atoms with Crippen LogP contribution >= 0.6 is 50.9 Å². The van der Waals surface area contributed by atoms with Crippen molar-refractivity contribution < 1.29 is 4.79 Å². The first-order chi connectivity index (χ1) is 15.9. The molecule has 1 amide bonds. The van der Waals surface area contributed by atoms with Crippen LogP contribution in [0.3, 0.4) is 0 Å². The fraction of sp³-hybridized carbons (Fsp3) is 0.0435. The van der Waals surface area contributed by atoms with E-state index < -0.39 is 0 Å². The van der Waals surface area contributed by atoms with Crippen molar-refractivity contribution >= 4 is 73.9 Å². The molecule has 0 fully saturated rings. The highest BCUT2D eigenvalue weighted by Gasteiger charge is 2.14. The number of carbonyl (C=O) groups excluding carboxylic acids is 1. The number of rotatable bonds is 6. The SMILES string of the molecule is O=C(CSc1nc2ccccc2c(=O)n1-c1ccc(Br)cc1)N/N=C/c1ccc(Cl)cc1Cl. The van der Waals surface area contributed by atoms with Crippen molar-refractivity contribution in [3.8, 4) is 5.69 Å². The zero-order chi connectivity index (χ0) is 23.4. The summed E-state index contributed by atoms with van der Waals surface area (Å²) in [6.07, 6.45) is 1.44. The highest BCUT2D eigenvalue weighted by Crippen LogP contribution is 2.23. The van der Waals surface area contributed by atoms with Crippen LogP contribution in [0.5, 0.6) is 0 Å². The van der Waals surface area contributed by atoms with E-state index in [1.807, 2.05) is 30.3 Å². The molecule has 0 spiro atoms. The van der Waals surface area contributed by atoms with Gasteiger partial charge in [0, 0.05) is 15.1 Å². The predicted molar refractivity (Wildman–Crippen MR) is 138 cm³/mol. The summed E-state index contributed by atoms with van der Waals surface area (Å²) in [5, 5.41) is 5.78. The van der Waals surface area contributed by atoms with Gasteiger partial charge in [-0.15, -0.1) is 0 Å². The van der Waals surface area contributed by atoms with Gasteiger partial charge < -0.3 is 0 Å². The monoisotopic (exact) mass is 560 g/mol. The summed E-state index contributed by atoms with van der Waals surface area (Å²) >= 11 is 16.5.